The van der Waals surface area contributed by atoms with E-state index in [1.165, 1.54) is 0 Å². The van der Waals surface area contributed by atoms with Crippen molar-refractivity contribution in [1.29, 1.82) is 0 Å². The Morgan fingerprint density at radius 3 is 2.93 bits per heavy atom. The van der Waals surface area contributed by atoms with Gasteiger partial charge in [0.15, 0.2) is 17.0 Å². The average molecular weight is 207 g/mol. The van der Waals surface area contributed by atoms with Crippen LogP contribution in [-0.2, 0) is 7.05 Å². The molecule has 0 spiro atoms. The van der Waals surface area contributed by atoms with Gasteiger partial charge in [-0.3, -0.25) is 0 Å². The highest BCUT2D eigenvalue weighted by atomic mass is 15.4. The van der Waals surface area contributed by atoms with E-state index in [9.17, 15) is 0 Å². The van der Waals surface area contributed by atoms with E-state index >= 15 is 0 Å². The fourth-order valence-corrected chi connectivity index (χ4v) is 1.34. The van der Waals surface area contributed by atoms with Crippen LogP contribution < -0.4 is 11.1 Å². The summed E-state index contributed by atoms with van der Waals surface area (Å²) in [5, 5.41) is 11.0. The molecule has 0 aromatic carbocycles. The molecule has 80 valence electrons. The minimum absolute atomic E-state index is 0.546. The Kier molecular flexibility index (Phi) is 2.46. The molecule has 2 heterocycles. The number of rotatable bonds is 3. The summed E-state index contributed by atoms with van der Waals surface area (Å²) in [6.07, 6.45) is 0. The number of anilines is 1. The molecule has 0 atom stereocenters. The Hall–Kier alpha value is -1.76. The largest absolute Gasteiger partial charge is 0.367 e. The van der Waals surface area contributed by atoms with Gasteiger partial charge < -0.3 is 11.1 Å². The maximum absolute atomic E-state index is 5.42. The zero-order valence-corrected chi connectivity index (χ0v) is 8.73. The van der Waals surface area contributed by atoms with Crippen LogP contribution in [0.2, 0.25) is 0 Å². The van der Waals surface area contributed by atoms with E-state index in [0.717, 1.165) is 5.65 Å². The molecule has 2 rings (SSSR count). The van der Waals surface area contributed by atoms with Crippen LogP contribution in [0.15, 0.2) is 0 Å². The third kappa shape index (κ3) is 1.73. The predicted molar refractivity (Wildman–Crippen MR) is 56.4 cm³/mol. The molecular weight excluding hydrogens is 194 g/mol. The summed E-state index contributed by atoms with van der Waals surface area (Å²) in [4.78, 5) is 8.52. The van der Waals surface area contributed by atoms with Crippen molar-refractivity contribution in [3.05, 3.63) is 5.82 Å². The van der Waals surface area contributed by atoms with Gasteiger partial charge in [-0.1, -0.05) is 5.21 Å². The Bertz CT molecular complexity index is 475. The molecule has 0 fully saturated rings. The smallest absolute Gasteiger partial charge is 0.183 e. The van der Waals surface area contributed by atoms with E-state index in [4.69, 9.17) is 5.73 Å². The first-order valence-electron chi connectivity index (χ1n) is 4.70. The molecule has 0 aliphatic heterocycles. The van der Waals surface area contributed by atoms with Gasteiger partial charge in [-0.15, -0.1) is 5.10 Å². The maximum atomic E-state index is 5.42. The van der Waals surface area contributed by atoms with Gasteiger partial charge in [0, 0.05) is 20.1 Å². The summed E-state index contributed by atoms with van der Waals surface area (Å²) in [5.41, 5.74) is 6.82. The number of hydrogen-bond donors (Lipinski definition) is 2. The second-order valence-corrected chi connectivity index (χ2v) is 3.22. The van der Waals surface area contributed by atoms with Crippen molar-refractivity contribution in [3.8, 4) is 0 Å². The van der Waals surface area contributed by atoms with Gasteiger partial charge in [0.2, 0.25) is 0 Å². The summed E-state index contributed by atoms with van der Waals surface area (Å²) >= 11 is 0. The van der Waals surface area contributed by atoms with Crippen molar-refractivity contribution >= 4 is 17.0 Å². The second kappa shape index (κ2) is 3.77. The normalized spacial score (nSPS) is 10.9. The fourth-order valence-electron chi connectivity index (χ4n) is 1.34. The number of aryl methyl sites for hydroxylation is 2. The van der Waals surface area contributed by atoms with Crippen LogP contribution in [0.25, 0.3) is 11.2 Å². The van der Waals surface area contributed by atoms with Crippen molar-refractivity contribution in [1.82, 2.24) is 25.0 Å². The van der Waals surface area contributed by atoms with Crippen LogP contribution in [0.3, 0.4) is 0 Å². The first-order chi connectivity index (χ1) is 7.22. The molecule has 2 aromatic heterocycles. The number of fused-ring (bicyclic) bond motifs is 1. The lowest BCUT2D eigenvalue weighted by Crippen LogP contribution is -2.14. The zero-order valence-electron chi connectivity index (χ0n) is 8.73. The van der Waals surface area contributed by atoms with E-state index in [2.05, 4.69) is 25.6 Å². The number of aromatic nitrogens is 5. The third-order valence-corrected chi connectivity index (χ3v) is 2.00. The molecule has 0 amide bonds. The molecule has 0 aliphatic carbocycles. The second-order valence-electron chi connectivity index (χ2n) is 3.22. The minimum Gasteiger partial charge on any atom is -0.367 e. The van der Waals surface area contributed by atoms with Crippen molar-refractivity contribution in [2.24, 2.45) is 12.8 Å². The summed E-state index contributed by atoms with van der Waals surface area (Å²) in [6.45, 7) is 3.03. The first kappa shape index (κ1) is 9.78. The van der Waals surface area contributed by atoms with Gasteiger partial charge in [-0.05, 0) is 6.92 Å². The molecule has 7 nitrogen and oxygen atoms in total. The lowest BCUT2D eigenvalue weighted by atomic mass is 10.4. The Morgan fingerprint density at radius 1 is 1.40 bits per heavy atom. The molecule has 2 aromatic rings. The predicted octanol–water partition coefficient (Wildman–Crippen LogP) is -0.563. The van der Waals surface area contributed by atoms with Crippen molar-refractivity contribution in [2.45, 2.75) is 6.92 Å². The van der Waals surface area contributed by atoms with Crippen molar-refractivity contribution in [3.63, 3.8) is 0 Å². The van der Waals surface area contributed by atoms with E-state index in [1.807, 2.05) is 6.92 Å². The topological polar surface area (TPSA) is 94.5 Å². The molecule has 0 unspecified atom stereocenters. The zero-order chi connectivity index (χ0) is 10.8. The molecule has 0 saturated heterocycles. The molecule has 0 radical (unpaired) electrons. The Morgan fingerprint density at radius 2 is 2.20 bits per heavy atom. The van der Waals surface area contributed by atoms with Crippen LogP contribution in [0.4, 0.5) is 5.82 Å². The number of nitrogens with zero attached hydrogens (tertiary/aromatic N) is 5. The van der Waals surface area contributed by atoms with E-state index in [1.54, 1.807) is 11.7 Å². The van der Waals surface area contributed by atoms with Gasteiger partial charge in [-0.25, -0.2) is 14.6 Å². The first-order valence-corrected chi connectivity index (χ1v) is 4.70. The summed E-state index contributed by atoms with van der Waals surface area (Å²) < 4.78 is 1.62. The SMILES string of the molecule is Cc1nc(NCCN)c2nnn(C)c2n1. The average Bonchev–Trinajstić information content (AvgIpc) is 2.57. The quantitative estimate of drug-likeness (QED) is 0.700. The lowest BCUT2D eigenvalue weighted by Gasteiger charge is -2.04. The van der Waals surface area contributed by atoms with Crippen LogP contribution >= 0.6 is 0 Å². The van der Waals surface area contributed by atoms with Crippen molar-refractivity contribution in [2.75, 3.05) is 18.4 Å². The molecule has 7 heteroatoms. The van der Waals surface area contributed by atoms with E-state index in [0.29, 0.717) is 30.2 Å². The molecule has 3 N–H and O–H groups in total. The van der Waals surface area contributed by atoms with Gasteiger partial charge in [0.1, 0.15) is 5.82 Å². The Balaban J connectivity index is 2.52. The highest BCUT2D eigenvalue weighted by molar-refractivity contribution is 5.82. The molecule has 0 bridgehead atoms. The van der Waals surface area contributed by atoms with Gasteiger partial charge in [-0.2, -0.15) is 0 Å². The van der Waals surface area contributed by atoms with Crippen LogP contribution in [0, 0.1) is 6.92 Å². The maximum Gasteiger partial charge on any atom is 0.183 e. The molecule has 0 aliphatic rings. The highest BCUT2D eigenvalue weighted by Gasteiger charge is 2.10. The summed E-state index contributed by atoms with van der Waals surface area (Å²) in [7, 11) is 1.80. The van der Waals surface area contributed by atoms with Crippen molar-refractivity contribution < 1.29 is 0 Å². The number of hydrogen-bond acceptors (Lipinski definition) is 6. The van der Waals surface area contributed by atoms with Crippen LogP contribution in [0.5, 0.6) is 0 Å². The van der Waals surface area contributed by atoms with E-state index in [-0.39, 0.29) is 0 Å². The minimum atomic E-state index is 0.546. The van der Waals surface area contributed by atoms with Gasteiger partial charge in [0.05, 0.1) is 0 Å². The monoisotopic (exact) mass is 207 g/mol. The standard InChI is InChI=1S/C8H13N7/c1-5-11-7(10-4-3-9)6-8(12-5)15(2)14-13-6/h3-4,9H2,1-2H3,(H,10,11,12). The van der Waals surface area contributed by atoms with Gasteiger partial charge in [0.25, 0.3) is 0 Å². The molecular formula is C8H13N7. The third-order valence-electron chi connectivity index (χ3n) is 2.00. The summed E-state index contributed by atoms with van der Waals surface area (Å²) in [5.74, 6) is 1.38. The van der Waals surface area contributed by atoms with Crippen LogP contribution in [-0.4, -0.2) is 38.1 Å². The summed E-state index contributed by atoms with van der Waals surface area (Å²) in [6, 6.07) is 0. The number of nitrogens with one attached hydrogen (secondary N) is 1. The number of nitrogens with two attached hydrogens (primary N) is 1. The fraction of sp³-hybridized carbons (Fsp3) is 0.500. The molecule has 0 saturated carbocycles. The van der Waals surface area contributed by atoms with Crippen LogP contribution in [0.1, 0.15) is 5.82 Å². The van der Waals surface area contributed by atoms with Gasteiger partial charge >= 0.3 is 0 Å². The molecule has 15 heavy (non-hydrogen) atoms. The lowest BCUT2D eigenvalue weighted by molar-refractivity contribution is 0.728. The highest BCUT2D eigenvalue weighted by Crippen LogP contribution is 2.15. The Labute approximate surface area is 86.7 Å². The van der Waals surface area contributed by atoms with E-state index < -0.39 is 0 Å².